The number of hydrogen-bond donors (Lipinski definition) is 1. The van der Waals surface area contributed by atoms with Gasteiger partial charge in [0.05, 0.1) is 6.04 Å². The zero-order valence-corrected chi connectivity index (χ0v) is 11.4. The summed E-state index contributed by atoms with van der Waals surface area (Å²) in [4.78, 5) is 13.8. The molecule has 3 heteroatoms. The van der Waals surface area contributed by atoms with Crippen molar-refractivity contribution in [2.45, 2.75) is 38.8 Å². The van der Waals surface area contributed by atoms with Gasteiger partial charge in [0.15, 0.2) is 0 Å². The molecule has 0 bridgehead atoms. The van der Waals surface area contributed by atoms with Gasteiger partial charge in [-0.05, 0) is 37.8 Å². The van der Waals surface area contributed by atoms with Crippen LogP contribution in [0.4, 0.5) is 0 Å². The minimum absolute atomic E-state index is 0.119. The summed E-state index contributed by atoms with van der Waals surface area (Å²) < 4.78 is 0. The van der Waals surface area contributed by atoms with E-state index < -0.39 is 0 Å². The van der Waals surface area contributed by atoms with Crippen LogP contribution < -0.4 is 5.32 Å². The van der Waals surface area contributed by atoms with E-state index in [2.05, 4.69) is 29.6 Å². The first-order chi connectivity index (χ1) is 8.63. The van der Waals surface area contributed by atoms with Crippen molar-refractivity contribution in [1.82, 2.24) is 10.2 Å². The maximum Gasteiger partial charge on any atom is 0.239 e. The maximum absolute atomic E-state index is 12.0. The van der Waals surface area contributed by atoms with Gasteiger partial charge in [-0.3, -0.25) is 10.1 Å². The molecule has 1 aliphatic carbocycles. The summed E-state index contributed by atoms with van der Waals surface area (Å²) in [6, 6.07) is 8.71. The summed E-state index contributed by atoms with van der Waals surface area (Å²) in [6.45, 7) is 4.71. The Morgan fingerprint density at radius 2 is 2.22 bits per heavy atom. The Morgan fingerprint density at radius 3 is 2.94 bits per heavy atom. The molecule has 2 unspecified atom stereocenters. The van der Waals surface area contributed by atoms with Gasteiger partial charge in [-0.1, -0.05) is 24.3 Å². The summed E-state index contributed by atoms with van der Waals surface area (Å²) in [5, 5.41) is 3.46. The van der Waals surface area contributed by atoms with E-state index in [9.17, 15) is 4.79 Å². The van der Waals surface area contributed by atoms with Crippen molar-refractivity contribution < 1.29 is 4.79 Å². The fourth-order valence-corrected chi connectivity index (χ4v) is 2.59. The third-order valence-electron chi connectivity index (χ3n) is 3.81. The third kappa shape index (κ3) is 2.56. The molecule has 2 atom stereocenters. The third-order valence-corrected chi connectivity index (χ3v) is 3.81. The molecule has 0 aromatic heterocycles. The highest BCUT2D eigenvalue weighted by Crippen LogP contribution is 2.30. The highest BCUT2D eigenvalue weighted by Gasteiger charge is 2.26. The van der Waals surface area contributed by atoms with Crippen LogP contribution in [-0.2, 0) is 11.2 Å². The van der Waals surface area contributed by atoms with E-state index in [0.29, 0.717) is 6.04 Å². The lowest BCUT2D eigenvalue weighted by Crippen LogP contribution is -2.44. The molecule has 3 nitrogen and oxygen atoms in total. The van der Waals surface area contributed by atoms with Crippen LogP contribution in [0.15, 0.2) is 24.3 Å². The average molecular weight is 246 g/mol. The standard InChI is InChI=1S/C15H22N2O/c1-4-17(3)15(18)11(2)16-14-10-9-12-7-5-6-8-13(12)14/h5-8,11,14,16H,4,9-10H2,1-3H3. The molecule has 1 aromatic rings. The largest absolute Gasteiger partial charge is 0.345 e. The zero-order valence-electron chi connectivity index (χ0n) is 11.4. The Labute approximate surface area is 109 Å². The van der Waals surface area contributed by atoms with Crippen molar-refractivity contribution in [2.75, 3.05) is 13.6 Å². The number of amides is 1. The van der Waals surface area contributed by atoms with Crippen molar-refractivity contribution in [2.24, 2.45) is 0 Å². The SMILES string of the molecule is CCN(C)C(=O)C(C)NC1CCc2ccccc21. The molecule has 2 rings (SSSR count). The molecule has 0 saturated carbocycles. The van der Waals surface area contributed by atoms with Gasteiger partial charge in [0, 0.05) is 19.6 Å². The predicted molar refractivity (Wildman–Crippen MR) is 73.4 cm³/mol. The maximum atomic E-state index is 12.0. The molecular formula is C15H22N2O. The Bertz CT molecular complexity index is 430. The van der Waals surface area contributed by atoms with Gasteiger partial charge in [-0.2, -0.15) is 0 Å². The number of rotatable bonds is 4. The topological polar surface area (TPSA) is 32.3 Å². The van der Waals surface area contributed by atoms with Crippen LogP contribution in [-0.4, -0.2) is 30.4 Å². The first-order valence-corrected chi connectivity index (χ1v) is 6.72. The number of benzene rings is 1. The van der Waals surface area contributed by atoms with Crippen molar-refractivity contribution in [1.29, 1.82) is 0 Å². The van der Waals surface area contributed by atoms with Gasteiger partial charge < -0.3 is 4.90 Å². The predicted octanol–water partition coefficient (Wildman–Crippen LogP) is 2.13. The fraction of sp³-hybridized carbons (Fsp3) is 0.533. The van der Waals surface area contributed by atoms with Gasteiger partial charge >= 0.3 is 0 Å². The van der Waals surface area contributed by atoms with Gasteiger partial charge in [0.2, 0.25) is 5.91 Å². The molecule has 0 radical (unpaired) electrons. The van der Waals surface area contributed by atoms with Gasteiger partial charge in [0.1, 0.15) is 0 Å². The summed E-state index contributed by atoms with van der Waals surface area (Å²) >= 11 is 0. The Hall–Kier alpha value is -1.35. The summed E-state index contributed by atoms with van der Waals surface area (Å²) in [7, 11) is 1.85. The highest BCUT2D eigenvalue weighted by molar-refractivity contribution is 5.81. The summed E-state index contributed by atoms with van der Waals surface area (Å²) in [6.07, 6.45) is 2.20. The molecule has 0 heterocycles. The van der Waals surface area contributed by atoms with Crippen LogP contribution in [0.3, 0.4) is 0 Å². The average Bonchev–Trinajstić information content (AvgIpc) is 2.80. The molecular weight excluding hydrogens is 224 g/mol. The van der Waals surface area contributed by atoms with E-state index >= 15 is 0 Å². The number of nitrogens with one attached hydrogen (secondary N) is 1. The molecule has 1 amide bonds. The highest BCUT2D eigenvalue weighted by atomic mass is 16.2. The van der Waals surface area contributed by atoms with Crippen LogP contribution >= 0.6 is 0 Å². The first-order valence-electron chi connectivity index (χ1n) is 6.72. The van der Waals surface area contributed by atoms with E-state index in [1.54, 1.807) is 4.90 Å². The van der Waals surface area contributed by atoms with Crippen molar-refractivity contribution in [3.8, 4) is 0 Å². The smallest absolute Gasteiger partial charge is 0.239 e. The Balaban J connectivity index is 2.01. The van der Waals surface area contributed by atoms with E-state index in [4.69, 9.17) is 0 Å². The Morgan fingerprint density at radius 1 is 1.50 bits per heavy atom. The lowest BCUT2D eigenvalue weighted by atomic mass is 10.1. The number of carbonyl (C=O) groups excluding carboxylic acids is 1. The number of hydrogen-bond acceptors (Lipinski definition) is 2. The second-order valence-corrected chi connectivity index (χ2v) is 5.03. The molecule has 0 fully saturated rings. The molecule has 1 aromatic carbocycles. The molecule has 1 aliphatic rings. The Kier molecular flexibility index (Phi) is 4.02. The quantitative estimate of drug-likeness (QED) is 0.882. The number of likely N-dealkylation sites (N-methyl/N-ethyl adjacent to an activating group) is 1. The van der Waals surface area contributed by atoms with Crippen LogP contribution in [0.2, 0.25) is 0 Å². The first kappa shape index (κ1) is 13.1. The second-order valence-electron chi connectivity index (χ2n) is 5.03. The van der Waals surface area contributed by atoms with Crippen molar-refractivity contribution in [3.63, 3.8) is 0 Å². The molecule has 1 N–H and O–H groups in total. The van der Waals surface area contributed by atoms with Crippen LogP contribution in [0, 0.1) is 0 Å². The van der Waals surface area contributed by atoms with Crippen molar-refractivity contribution in [3.05, 3.63) is 35.4 Å². The van der Waals surface area contributed by atoms with E-state index in [0.717, 1.165) is 19.4 Å². The molecule has 98 valence electrons. The minimum atomic E-state index is -0.119. The van der Waals surface area contributed by atoms with E-state index in [-0.39, 0.29) is 11.9 Å². The fourth-order valence-electron chi connectivity index (χ4n) is 2.59. The number of aryl methyl sites for hydroxylation is 1. The minimum Gasteiger partial charge on any atom is -0.345 e. The molecule has 18 heavy (non-hydrogen) atoms. The van der Waals surface area contributed by atoms with Crippen LogP contribution in [0.5, 0.6) is 0 Å². The van der Waals surface area contributed by atoms with E-state index in [1.165, 1.54) is 11.1 Å². The summed E-state index contributed by atoms with van der Waals surface area (Å²) in [5.74, 6) is 0.168. The zero-order chi connectivity index (χ0) is 13.1. The number of nitrogens with zero attached hydrogens (tertiary/aromatic N) is 1. The monoisotopic (exact) mass is 246 g/mol. The number of carbonyl (C=O) groups is 1. The van der Waals surface area contributed by atoms with Crippen molar-refractivity contribution >= 4 is 5.91 Å². The molecule has 0 saturated heterocycles. The normalized spacial score (nSPS) is 19.4. The lowest BCUT2D eigenvalue weighted by Gasteiger charge is -2.24. The van der Waals surface area contributed by atoms with E-state index in [1.807, 2.05) is 20.9 Å². The van der Waals surface area contributed by atoms with Crippen LogP contribution in [0.25, 0.3) is 0 Å². The lowest BCUT2D eigenvalue weighted by molar-refractivity contribution is -0.131. The van der Waals surface area contributed by atoms with Gasteiger partial charge in [-0.15, -0.1) is 0 Å². The number of fused-ring (bicyclic) bond motifs is 1. The molecule has 0 spiro atoms. The van der Waals surface area contributed by atoms with Gasteiger partial charge in [0.25, 0.3) is 0 Å². The molecule has 0 aliphatic heterocycles. The van der Waals surface area contributed by atoms with Gasteiger partial charge in [-0.25, -0.2) is 0 Å². The summed E-state index contributed by atoms with van der Waals surface area (Å²) in [5.41, 5.74) is 2.77. The second kappa shape index (κ2) is 5.53. The van der Waals surface area contributed by atoms with Crippen LogP contribution in [0.1, 0.15) is 37.4 Å².